The fourth-order valence-electron chi connectivity index (χ4n) is 3.29. The third-order valence-electron chi connectivity index (χ3n) is 4.89. The first kappa shape index (κ1) is 20.1. The van der Waals surface area contributed by atoms with Crippen LogP contribution in [0.3, 0.4) is 0 Å². The van der Waals surface area contributed by atoms with Gasteiger partial charge in [0.2, 0.25) is 6.79 Å². The third-order valence-corrected chi connectivity index (χ3v) is 5.51. The van der Waals surface area contributed by atoms with Crippen molar-refractivity contribution in [1.82, 2.24) is 9.66 Å². The second kappa shape index (κ2) is 8.35. The van der Waals surface area contributed by atoms with E-state index in [0.29, 0.717) is 39.0 Å². The van der Waals surface area contributed by atoms with Crippen LogP contribution in [-0.4, -0.2) is 22.7 Å². The number of nitrogens with zero attached hydrogens (tertiary/aromatic N) is 2. The van der Waals surface area contributed by atoms with Crippen molar-refractivity contribution < 1.29 is 14.2 Å². The van der Waals surface area contributed by atoms with Crippen LogP contribution < -0.4 is 25.5 Å². The lowest BCUT2D eigenvalue weighted by Gasteiger charge is -2.09. The second-order valence-electron chi connectivity index (χ2n) is 7.00. The minimum absolute atomic E-state index is 0.228. The zero-order valence-electron chi connectivity index (χ0n) is 16.6. The van der Waals surface area contributed by atoms with E-state index in [2.05, 4.69) is 26.0 Å². The zero-order chi connectivity index (χ0) is 22.1. The van der Waals surface area contributed by atoms with Gasteiger partial charge in [0.1, 0.15) is 12.4 Å². The summed E-state index contributed by atoms with van der Waals surface area (Å²) in [5.74, 6) is 2.07. The summed E-state index contributed by atoms with van der Waals surface area (Å²) in [5.41, 5.74) is 1.02. The third kappa shape index (κ3) is 3.90. The lowest BCUT2D eigenvalue weighted by atomic mass is 10.2. The average molecular weight is 494 g/mol. The highest BCUT2D eigenvalue weighted by Crippen LogP contribution is 2.33. The number of H-pyrrole nitrogens is 1. The van der Waals surface area contributed by atoms with Crippen molar-refractivity contribution >= 4 is 33.0 Å². The molecule has 0 atom stereocenters. The van der Waals surface area contributed by atoms with Gasteiger partial charge in [0, 0.05) is 0 Å². The second-order valence-corrected chi connectivity index (χ2v) is 7.86. The molecule has 160 valence electrons. The first-order valence-corrected chi connectivity index (χ1v) is 10.5. The van der Waals surface area contributed by atoms with Gasteiger partial charge in [-0.25, -0.2) is 4.79 Å². The van der Waals surface area contributed by atoms with Crippen molar-refractivity contribution in [2.45, 2.75) is 6.61 Å². The molecule has 1 aromatic heterocycles. The summed E-state index contributed by atoms with van der Waals surface area (Å²) < 4.78 is 18.1. The topological polar surface area (TPSA) is 94.9 Å². The van der Waals surface area contributed by atoms with Crippen molar-refractivity contribution in [3.63, 3.8) is 0 Å². The highest BCUT2D eigenvalue weighted by atomic mass is 79.9. The number of hydrogen-bond donors (Lipinski definition) is 1. The molecule has 2 heterocycles. The van der Waals surface area contributed by atoms with Crippen LogP contribution in [0.5, 0.6) is 17.2 Å². The fraction of sp³-hybridized carbons (Fsp3) is 0.0870. The highest BCUT2D eigenvalue weighted by molar-refractivity contribution is 9.10. The highest BCUT2D eigenvalue weighted by Gasteiger charge is 2.13. The minimum atomic E-state index is -0.604. The Labute approximate surface area is 189 Å². The Kier molecular flexibility index (Phi) is 5.24. The molecule has 32 heavy (non-hydrogen) atoms. The SMILES string of the molecule is O=c1[nH]c2ccccc2c(=O)n1N=Cc1ccc(OCc2ccc3c(c2)OCO3)c(Br)c1. The van der Waals surface area contributed by atoms with Gasteiger partial charge in [-0.1, -0.05) is 18.2 Å². The predicted molar refractivity (Wildman–Crippen MR) is 123 cm³/mol. The summed E-state index contributed by atoms with van der Waals surface area (Å²) >= 11 is 3.49. The van der Waals surface area contributed by atoms with Crippen LogP contribution in [0.2, 0.25) is 0 Å². The number of rotatable bonds is 5. The van der Waals surface area contributed by atoms with E-state index in [1.54, 1.807) is 42.5 Å². The molecule has 0 radical (unpaired) electrons. The van der Waals surface area contributed by atoms with E-state index < -0.39 is 11.2 Å². The van der Waals surface area contributed by atoms with Gasteiger partial charge in [-0.15, -0.1) is 4.68 Å². The van der Waals surface area contributed by atoms with E-state index in [0.717, 1.165) is 16.0 Å². The molecule has 0 saturated heterocycles. The van der Waals surface area contributed by atoms with Gasteiger partial charge in [0.15, 0.2) is 11.5 Å². The maximum absolute atomic E-state index is 12.6. The molecule has 3 aromatic carbocycles. The van der Waals surface area contributed by atoms with Gasteiger partial charge in [-0.2, -0.15) is 5.10 Å². The van der Waals surface area contributed by atoms with Crippen LogP contribution in [0, 0.1) is 0 Å². The van der Waals surface area contributed by atoms with E-state index in [4.69, 9.17) is 14.2 Å². The molecule has 8 nitrogen and oxygen atoms in total. The molecule has 9 heteroatoms. The minimum Gasteiger partial charge on any atom is -0.488 e. The summed E-state index contributed by atoms with van der Waals surface area (Å²) in [6, 6.07) is 17.8. The largest absolute Gasteiger partial charge is 0.488 e. The lowest BCUT2D eigenvalue weighted by molar-refractivity contribution is 0.174. The van der Waals surface area contributed by atoms with Gasteiger partial charge in [-0.05, 0) is 69.5 Å². The quantitative estimate of drug-likeness (QED) is 0.428. The lowest BCUT2D eigenvalue weighted by Crippen LogP contribution is -2.32. The average Bonchev–Trinajstić information content (AvgIpc) is 3.26. The Morgan fingerprint density at radius 1 is 1.06 bits per heavy atom. The summed E-state index contributed by atoms with van der Waals surface area (Å²) in [7, 11) is 0. The van der Waals surface area contributed by atoms with Gasteiger partial charge in [-0.3, -0.25) is 4.79 Å². The molecule has 5 rings (SSSR count). The van der Waals surface area contributed by atoms with Crippen molar-refractivity contribution in [3.05, 3.63) is 97.1 Å². The van der Waals surface area contributed by atoms with Gasteiger partial charge in [0.05, 0.1) is 21.6 Å². The summed E-state index contributed by atoms with van der Waals surface area (Å²) in [6.07, 6.45) is 1.44. The maximum Gasteiger partial charge on any atom is 0.349 e. The first-order chi connectivity index (χ1) is 15.6. The van der Waals surface area contributed by atoms with Crippen LogP contribution in [0.15, 0.2) is 79.8 Å². The Morgan fingerprint density at radius 3 is 2.78 bits per heavy atom. The number of para-hydroxylation sites is 1. The zero-order valence-corrected chi connectivity index (χ0v) is 18.2. The van der Waals surface area contributed by atoms with Crippen molar-refractivity contribution in [2.24, 2.45) is 5.10 Å². The first-order valence-electron chi connectivity index (χ1n) is 9.68. The number of halogens is 1. The van der Waals surface area contributed by atoms with Crippen molar-refractivity contribution in [3.8, 4) is 17.2 Å². The number of hydrogen-bond acceptors (Lipinski definition) is 6. The standard InChI is InChI=1S/C23H16BrN3O5/c24-17-9-14(11-25-27-22(28)16-3-1-2-4-18(16)26-23(27)29)5-7-19(17)30-12-15-6-8-20-21(10-15)32-13-31-20/h1-11H,12-13H2,(H,26,29). The molecule has 4 aromatic rings. The number of ether oxygens (including phenoxy) is 3. The van der Waals surface area contributed by atoms with E-state index >= 15 is 0 Å². The van der Waals surface area contributed by atoms with E-state index in [1.807, 2.05) is 18.2 Å². The monoisotopic (exact) mass is 493 g/mol. The van der Waals surface area contributed by atoms with Gasteiger partial charge < -0.3 is 19.2 Å². The van der Waals surface area contributed by atoms with Gasteiger partial charge in [0.25, 0.3) is 5.56 Å². The van der Waals surface area contributed by atoms with Crippen molar-refractivity contribution in [1.29, 1.82) is 0 Å². The molecule has 0 unspecified atom stereocenters. The molecule has 0 bridgehead atoms. The molecule has 1 N–H and O–H groups in total. The van der Waals surface area contributed by atoms with E-state index in [-0.39, 0.29) is 6.79 Å². The number of nitrogens with one attached hydrogen (secondary N) is 1. The number of benzene rings is 3. The fourth-order valence-corrected chi connectivity index (χ4v) is 3.80. The van der Waals surface area contributed by atoms with Crippen LogP contribution in [0.25, 0.3) is 10.9 Å². The molecule has 1 aliphatic rings. The molecular weight excluding hydrogens is 478 g/mol. The number of fused-ring (bicyclic) bond motifs is 2. The summed E-state index contributed by atoms with van der Waals surface area (Å²) in [5, 5.41) is 4.46. The van der Waals surface area contributed by atoms with Crippen molar-refractivity contribution in [2.75, 3.05) is 6.79 Å². The Balaban J connectivity index is 1.33. The number of aromatic nitrogens is 2. The molecule has 0 spiro atoms. The maximum atomic E-state index is 12.6. The molecule has 0 saturated carbocycles. The normalized spacial score (nSPS) is 12.5. The van der Waals surface area contributed by atoms with Crippen LogP contribution in [0.4, 0.5) is 0 Å². The van der Waals surface area contributed by atoms with E-state index in [9.17, 15) is 9.59 Å². The van der Waals surface area contributed by atoms with E-state index in [1.165, 1.54) is 6.21 Å². The summed E-state index contributed by atoms with van der Waals surface area (Å²) in [4.78, 5) is 27.5. The molecule has 0 fully saturated rings. The number of aromatic amines is 1. The van der Waals surface area contributed by atoms with Gasteiger partial charge >= 0.3 is 5.69 Å². The molecular formula is C23H16BrN3O5. The van der Waals surface area contributed by atoms with Crippen LogP contribution >= 0.6 is 15.9 Å². The smallest absolute Gasteiger partial charge is 0.349 e. The predicted octanol–water partition coefficient (Wildman–Crippen LogP) is 3.64. The Bertz CT molecular complexity index is 1470. The van der Waals surface area contributed by atoms with Crippen LogP contribution in [0.1, 0.15) is 11.1 Å². The summed E-state index contributed by atoms with van der Waals surface area (Å²) in [6.45, 7) is 0.579. The Hall–Kier alpha value is -3.85. The molecule has 0 aliphatic carbocycles. The molecule has 1 aliphatic heterocycles. The van der Waals surface area contributed by atoms with Crippen LogP contribution in [-0.2, 0) is 6.61 Å². The molecule has 0 amide bonds. The Morgan fingerprint density at radius 2 is 1.91 bits per heavy atom.